The minimum Gasteiger partial charge on any atom is -0.378 e. The monoisotopic (exact) mass is 316 g/mol. The zero-order valence-electron chi connectivity index (χ0n) is 11.5. The Balaban J connectivity index is 2.17. The van der Waals surface area contributed by atoms with Crippen molar-refractivity contribution in [1.82, 2.24) is 5.32 Å². The van der Waals surface area contributed by atoms with Crippen LogP contribution in [0.4, 0.5) is 4.39 Å². The lowest BCUT2D eigenvalue weighted by atomic mass is 10.0. The van der Waals surface area contributed by atoms with Gasteiger partial charge in [-0.2, -0.15) is 0 Å². The van der Waals surface area contributed by atoms with Crippen molar-refractivity contribution in [3.63, 3.8) is 0 Å². The number of benzene rings is 1. The molecule has 1 aliphatic heterocycles. The molecule has 1 amide bonds. The maximum atomic E-state index is 13.4. The molecule has 1 aromatic rings. The summed E-state index contributed by atoms with van der Waals surface area (Å²) in [4.78, 5) is 11.7. The van der Waals surface area contributed by atoms with Crippen molar-refractivity contribution >= 4 is 15.9 Å². The molecule has 2 unspecified atom stereocenters. The van der Waals surface area contributed by atoms with Crippen LogP contribution >= 0.6 is 0 Å². The first-order valence-electron chi connectivity index (χ1n) is 6.51. The molecule has 0 aliphatic carbocycles. The number of carbonyl (C=O) groups is 1. The Morgan fingerprint density at radius 3 is 2.76 bits per heavy atom. The van der Waals surface area contributed by atoms with Gasteiger partial charge in [-0.3, -0.25) is 4.79 Å². The smallest absolute Gasteiger partial charge is 0.251 e. The average molecular weight is 316 g/mol. The number of halogens is 1. The van der Waals surface area contributed by atoms with Gasteiger partial charge in [0.2, 0.25) is 10.0 Å². The Bertz CT molecular complexity index is 648. The molecule has 0 bridgehead atoms. The van der Waals surface area contributed by atoms with Crippen LogP contribution in [0.2, 0.25) is 0 Å². The summed E-state index contributed by atoms with van der Waals surface area (Å²) in [6.45, 7) is 2.44. The highest BCUT2D eigenvalue weighted by molar-refractivity contribution is 7.89. The maximum absolute atomic E-state index is 13.4. The Labute approximate surface area is 122 Å². The van der Waals surface area contributed by atoms with E-state index in [4.69, 9.17) is 9.88 Å². The second-order valence-corrected chi connectivity index (χ2v) is 6.66. The fourth-order valence-electron chi connectivity index (χ4n) is 2.26. The normalized spacial score (nSPS) is 22.8. The molecule has 8 heteroatoms. The zero-order valence-corrected chi connectivity index (χ0v) is 12.3. The number of amides is 1. The van der Waals surface area contributed by atoms with Crippen molar-refractivity contribution in [3.8, 4) is 0 Å². The van der Waals surface area contributed by atoms with E-state index in [1.54, 1.807) is 0 Å². The second kappa shape index (κ2) is 6.08. The van der Waals surface area contributed by atoms with Crippen LogP contribution in [0.3, 0.4) is 0 Å². The molecule has 1 fully saturated rings. The van der Waals surface area contributed by atoms with E-state index in [9.17, 15) is 17.6 Å². The van der Waals surface area contributed by atoms with Gasteiger partial charge in [-0.15, -0.1) is 0 Å². The fourth-order valence-corrected chi connectivity index (χ4v) is 2.82. The number of sulfonamides is 1. The Morgan fingerprint density at radius 2 is 2.14 bits per heavy atom. The van der Waals surface area contributed by atoms with Crippen molar-refractivity contribution in [2.75, 3.05) is 6.61 Å². The van der Waals surface area contributed by atoms with E-state index in [1.807, 2.05) is 6.92 Å². The van der Waals surface area contributed by atoms with Gasteiger partial charge in [0, 0.05) is 18.2 Å². The van der Waals surface area contributed by atoms with Crippen molar-refractivity contribution < 1.29 is 22.3 Å². The number of hydrogen-bond donors (Lipinski definition) is 2. The summed E-state index contributed by atoms with van der Waals surface area (Å²) < 4.78 is 41.3. The summed E-state index contributed by atoms with van der Waals surface area (Å²) in [6, 6.07) is 2.74. The summed E-state index contributed by atoms with van der Waals surface area (Å²) in [6.07, 6.45) is 1.35. The highest BCUT2D eigenvalue weighted by atomic mass is 32.2. The molecular weight excluding hydrogens is 299 g/mol. The molecule has 1 aliphatic rings. The molecule has 1 aromatic carbocycles. The van der Waals surface area contributed by atoms with Gasteiger partial charge in [-0.1, -0.05) is 0 Å². The fraction of sp³-hybridized carbons (Fsp3) is 0.462. The van der Waals surface area contributed by atoms with E-state index in [1.165, 1.54) is 0 Å². The molecule has 1 heterocycles. The van der Waals surface area contributed by atoms with Crippen LogP contribution in [0.15, 0.2) is 23.1 Å². The molecule has 0 spiro atoms. The molecular formula is C13H17FN2O4S. The third-order valence-electron chi connectivity index (χ3n) is 3.28. The summed E-state index contributed by atoms with van der Waals surface area (Å²) in [7, 11) is -4.06. The number of rotatable bonds is 3. The molecule has 6 nitrogen and oxygen atoms in total. The van der Waals surface area contributed by atoms with Crippen molar-refractivity contribution in [3.05, 3.63) is 29.6 Å². The van der Waals surface area contributed by atoms with Crippen molar-refractivity contribution in [1.29, 1.82) is 0 Å². The van der Waals surface area contributed by atoms with Gasteiger partial charge in [0.1, 0.15) is 5.82 Å². The molecule has 0 saturated carbocycles. The quantitative estimate of drug-likeness (QED) is 0.860. The van der Waals surface area contributed by atoms with Gasteiger partial charge in [0.05, 0.1) is 11.0 Å². The lowest BCUT2D eigenvalue weighted by molar-refractivity contribution is 0.0136. The van der Waals surface area contributed by atoms with Crippen molar-refractivity contribution in [2.45, 2.75) is 36.8 Å². The summed E-state index contributed by atoms with van der Waals surface area (Å²) in [5, 5.41) is 7.70. The van der Waals surface area contributed by atoms with Gasteiger partial charge in [-0.25, -0.2) is 17.9 Å². The minimum absolute atomic E-state index is 0.0385. The zero-order chi connectivity index (χ0) is 15.6. The van der Waals surface area contributed by atoms with Crippen molar-refractivity contribution in [2.24, 2.45) is 5.14 Å². The number of carbonyl (C=O) groups excluding carboxylic acids is 1. The molecule has 0 radical (unpaired) electrons. The van der Waals surface area contributed by atoms with Crippen LogP contribution in [0, 0.1) is 5.82 Å². The van der Waals surface area contributed by atoms with Crippen LogP contribution in [-0.2, 0) is 14.8 Å². The van der Waals surface area contributed by atoms with E-state index in [0.717, 1.165) is 18.2 Å². The Kier molecular flexibility index (Phi) is 4.60. The first-order chi connectivity index (χ1) is 9.75. The molecule has 1 saturated heterocycles. The summed E-state index contributed by atoms with van der Waals surface area (Å²) in [5.74, 6) is -1.36. The molecule has 0 aromatic heterocycles. The highest BCUT2D eigenvalue weighted by Gasteiger charge is 2.22. The predicted octanol–water partition coefficient (Wildman–Crippen LogP) is 0.770. The maximum Gasteiger partial charge on any atom is 0.251 e. The summed E-state index contributed by atoms with van der Waals surface area (Å²) in [5.41, 5.74) is -0.0711. The van der Waals surface area contributed by atoms with E-state index >= 15 is 0 Å². The molecule has 3 N–H and O–H groups in total. The lowest BCUT2D eigenvalue weighted by Crippen LogP contribution is -2.41. The topological polar surface area (TPSA) is 98.5 Å². The van der Waals surface area contributed by atoms with E-state index in [2.05, 4.69) is 5.32 Å². The predicted molar refractivity (Wildman–Crippen MR) is 73.7 cm³/mol. The number of ether oxygens (including phenoxy) is 1. The lowest BCUT2D eigenvalue weighted by Gasteiger charge is -2.28. The van der Waals surface area contributed by atoms with E-state index in [0.29, 0.717) is 19.4 Å². The Morgan fingerprint density at radius 1 is 1.43 bits per heavy atom. The summed E-state index contributed by atoms with van der Waals surface area (Å²) >= 11 is 0. The second-order valence-electron chi connectivity index (χ2n) is 5.10. The molecule has 21 heavy (non-hydrogen) atoms. The first kappa shape index (κ1) is 15.9. The first-order valence-corrected chi connectivity index (χ1v) is 8.06. The molecule has 116 valence electrons. The SMILES string of the molecule is CC1CC(NC(=O)c2cc(F)cc(S(N)(=O)=O)c2)CCO1. The van der Waals surface area contributed by atoms with E-state index in [-0.39, 0.29) is 17.7 Å². The average Bonchev–Trinajstić information content (AvgIpc) is 2.37. The highest BCUT2D eigenvalue weighted by Crippen LogP contribution is 2.16. The van der Waals surface area contributed by atoms with Crippen LogP contribution in [0.5, 0.6) is 0 Å². The van der Waals surface area contributed by atoms with Gasteiger partial charge in [-0.05, 0) is 38.0 Å². The molecule has 2 rings (SSSR count). The third kappa shape index (κ3) is 4.23. The van der Waals surface area contributed by atoms with Gasteiger partial charge < -0.3 is 10.1 Å². The van der Waals surface area contributed by atoms with Gasteiger partial charge >= 0.3 is 0 Å². The van der Waals surface area contributed by atoms with Crippen LogP contribution in [0.1, 0.15) is 30.1 Å². The van der Waals surface area contributed by atoms with Crippen LogP contribution < -0.4 is 10.5 Å². The Hall–Kier alpha value is -1.51. The molecule has 2 atom stereocenters. The number of primary sulfonamides is 1. The standard InChI is InChI=1S/C13H17FN2O4S/c1-8-4-11(2-3-20-8)16-13(17)9-5-10(14)7-12(6-9)21(15,18)19/h5-8,11H,2-4H2,1H3,(H,16,17)(H2,15,18,19). The van der Waals surface area contributed by atoms with Gasteiger partial charge in [0.25, 0.3) is 5.91 Å². The minimum atomic E-state index is -4.06. The van der Waals surface area contributed by atoms with E-state index < -0.39 is 26.6 Å². The number of nitrogens with two attached hydrogens (primary N) is 1. The number of hydrogen-bond acceptors (Lipinski definition) is 4. The third-order valence-corrected chi connectivity index (χ3v) is 4.18. The number of nitrogens with one attached hydrogen (secondary N) is 1. The van der Waals surface area contributed by atoms with Crippen LogP contribution in [-0.4, -0.2) is 33.1 Å². The largest absolute Gasteiger partial charge is 0.378 e. The van der Waals surface area contributed by atoms with Crippen LogP contribution in [0.25, 0.3) is 0 Å². The van der Waals surface area contributed by atoms with Gasteiger partial charge in [0.15, 0.2) is 0 Å².